The molecule has 6 heteroatoms. The molecule has 17 heavy (non-hydrogen) atoms. The van der Waals surface area contributed by atoms with E-state index in [1.807, 2.05) is 6.07 Å². The van der Waals surface area contributed by atoms with Gasteiger partial charge in [-0.15, -0.1) is 0 Å². The van der Waals surface area contributed by atoms with Gasteiger partial charge in [-0.05, 0) is 18.6 Å². The van der Waals surface area contributed by atoms with Gasteiger partial charge in [0.05, 0.1) is 5.75 Å². The average Bonchev–Trinajstić information content (AvgIpc) is 2.28. The molecule has 0 radical (unpaired) electrons. The van der Waals surface area contributed by atoms with Crippen molar-refractivity contribution in [1.29, 1.82) is 5.26 Å². The SMILES string of the molecule is CCCS(=O)(=O)c1ccc(N(C)C)nc1C#N. The van der Waals surface area contributed by atoms with Gasteiger partial charge in [0.25, 0.3) is 0 Å². The maximum absolute atomic E-state index is 11.9. The molecule has 0 aliphatic carbocycles. The van der Waals surface area contributed by atoms with E-state index in [9.17, 15) is 8.42 Å². The highest BCUT2D eigenvalue weighted by atomic mass is 32.2. The number of nitriles is 1. The summed E-state index contributed by atoms with van der Waals surface area (Å²) >= 11 is 0. The standard InChI is InChI=1S/C11H15N3O2S/c1-4-7-17(15,16)10-5-6-11(14(2)3)13-9(10)8-12/h5-6H,4,7H2,1-3H3. The number of hydrogen-bond donors (Lipinski definition) is 0. The summed E-state index contributed by atoms with van der Waals surface area (Å²) in [5.74, 6) is 0.599. The smallest absolute Gasteiger partial charge is 0.181 e. The third-order valence-electron chi connectivity index (χ3n) is 2.22. The molecule has 0 aliphatic heterocycles. The fourth-order valence-electron chi connectivity index (χ4n) is 1.39. The van der Waals surface area contributed by atoms with Crippen molar-refractivity contribution in [1.82, 2.24) is 4.98 Å². The molecule has 0 amide bonds. The van der Waals surface area contributed by atoms with Crippen molar-refractivity contribution < 1.29 is 8.42 Å². The second-order valence-electron chi connectivity index (χ2n) is 3.84. The van der Waals surface area contributed by atoms with E-state index >= 15 is 0 Å². The lowest BCUT2D eigenvalue weighted by atomic mass is 10.3. The van der Waals surface area contributed by atoms with Crippen molar-refractivity contribution in [3.05, 3.63) is 17.8 Å². The third-order valence-corrected chi connectivity index (χ3v) is 4.16. The Kier molecular flexibility index (Phi) is 4.07. The molecule has 0 atom stereocenters. The summed E-state index contributed by atoms with van der Waals surface area (Å²) in [7, 11) is 0.164. The van der Waals surface area contributed by atoms with Crippen molar-refractivity contribution in [2.45, 2.75) is 18.2 Å². The van der Waals surface area contributed by atoms with Gasteiger partial charge in [0.2, 0.25) is 0 Å². The molecular weight excluding hydrogens is 238 g/mol. The summed E-state index contributed by atoms with van der Waals surface area (Å²) in [6.45, 7) is 1.78. The Morgan fingerprint density at radius 1 is 1.41 bits per heavy atom. The predicted molar refractivity (Wildman–Crippen MR) is 65.6 cm³/mol. The van der Waals surface area contributed by atoms with Gasteiger partial charge in [-0.25, -0.2) is 13.4 Å². The van der Waals surface area contributed by atoms with Gasteiger partial charge >= 0.3 is 0 Å². The molecule has 0 spiro atoms. The summed E-state index contributed by atoms with van der Waals surface area (Å²) in [5, 5.41) is 8.96. The summed E-state index contributed by atoms with van der Waals surface area (Å²) in [4.78, 5) is 5.76. The van der Waals surface area contributed by atoms with Crippen molar-refractivity contribution >= 4 is 15.7 Å². The molecule has 0 bridgehead atoms. The second-order valence-corrected chi connectivity index (χ2v) is 5.92. The van der Waals surface area contributed by atoms with Crippen molar-refractivity contribution in [3.8, 4) is 6.07 Å². The zero-order valence-corrected chi connectivity index (χ0v) is 11.0. The first kappa shape index (κ1) is 13.5. The van der Waals surface area contributed by atoms with Crippen LogP contribution in [-0.4, -0.2) is 33.2 Å². The van der Waals surface area contributed by atoms with E-state index in [2.05, 4.69) is 4.98 Å². The van der Waals surface area contributed by atoms with Crippen LogP contribution in [0.15, 0.2) is 17.0 Å². The van der Waals surface area contributed by atoms with Gasteiger partial charge in [-0.2, -0.15) is 5.26 Å². The first-order chi connectivity index (χ1) is 7.92. The molecule has 5 nitrogen and oxygen atoms in total. The van der Waals surface area contributed by atoms with Gasteiger partial charge in [-0.3, -0.25) is 0 Å². The van der Waals surface area contributed by atoms with Gasteiger partial charge in [0, 0.05) is 14.1 Å². The van der Waals surface area contributed by atoms with Crippen molar-refractivity contribution in [3.63, 3.8) is 0 Å². The zero-order chi connectivity index (χ0) is 13.1. The molecular formula is C11H15N3O2S. The summed E-state index contributed by atoms with van der Waals surface area (Å²) in [6.07, 6.45) is 0.517. The predicted octanol–water partition coefficient (Wildman–Crippen LogP) is 1.20. The van der Waals surface area contributed by atoms with Gasteiger partial charge in [0.1, 0.15) is 16.8 Å². The average molecular weight is 253 g/mol. The minimum Gasteiger partial charge on any atom is -0.363 e. The Morgan fingerprint density at radius 3 is 2.53 bits per heavy atom. The first-order valence-corrected chi connectivity index (χ1v) is 6.89. The molecule has 1 rings (SSSR count). The van der Waals surface area contributed by atoms with Crippen LogP contribution in [-0.2, 0) is 9.84 Å². The van der Waals surface area contributed by atoms with E-state index in [-0.39, 0.29) is 16.3 Å². The van der Waals surface area contributed by atoms with Gasteiger partial charge in [-0.1, -0.05) is 6.92 Å². The highest BCUT2D eigenvalue weighted by molar-refractivity contribution is 7.91. The first-order valence-electron chi connectivity index (χ1n) is 5.23. The maximum Gasteiger partial charge on any atom is 0.181 e. The molecule has 92 valence electrons. The molecule has 0 aliphatic rings. The molecule has 0 fully saturated rings. The summed E-state index contributed by atoms with van der Waals surface area (Å²) < 4.78 is 23.8. The molecule has 0 N–H and O–H groups in total. The number of rotatable bonds is 4. The van der Waals surface area contributed by atoms with E-state index < -0.39 is 9.84 Å². The topological polar surface area (TPSA) is 74.1 Å². The Bertz CT molecular complexity index is 544. The minimum absolute atomic E-state index is 0.0208. The van der Waals surface area contributed by atoms with Crippen LogP contribution in [0.5, 0.6) is 0 Å². The van der Waals surface area contributed by atoms with E-state index in [0.29, 0.717) is 12.2 Å². The summed E-state index contributed by atoms with van der Waals surface area (Å²) in [5.41, 5.74) is -0.0374. The molecule has 1 aromatic heterocycles. The van der Waals surface area contributed by atoms with Gasteiger partial charge in [0.15, 0.2) is 15.5 Å². The quantitative estimate of drug-likeness (QED) is 0.806. The lowest BCUT2D eigenvalue weighted by Gasteiger charge is -2.12. The van der Waals surface area contributed by atoms with Crippen LogP contribution >= 0.6 is 0 Å². The Hall–Kier alpha value is -1.61. The molecule has 0 aromatic carbocycles. The monoisotopic (exact) mass is 253 g/mol. The fraction of sp³-hybridized carbons (Fsp3) is 0.455. The number of aromatic nitrogens is 1. The number of sulfone groups is 1. The van der Waals surface area contributed by atoms with Gasteiger partial charge < -0.3 is 4.90 Å². The zero-order valence-electron chi connectivity index (χ0n) is 10.1. The number of pyridine rings is 1. The molecule has 0 saturated heterocycles. The third kappa shape index (κ3) is 2.94. The van der Waals surface area contributed by atoms with E-state index in [1.54, 1.807) is 32.0 Å². The van der Waals surface area contributed by atoms with Crippen LogP contribution in [0.4, 0.5) is 5.82 Å². The lowest BCUT2D eigenvalue weighted by Crippen LogP contribution is -2.14. The highest BCUT2D eigenvalue weighted by Crippen LogP contribution is 2.19. The highest BCUT2D eigenvalue weighted by Gasteiger charge is 2.19. The van der Waals surface area contributed by atoms with Crippen LogP contribution < -0.4 is 4.90 Å². The molecule has 0 saturated carbocycles. The molecule has 1 heterocycles. The van der Waals surface area contributed by atoms with E-state index in [0.717, 1.165) is 0 Å². The van der Waals surface area contributed by atoms with Crippen LogP contribution in [0.25, 0.3) is 0 Å². The Morgan fingerprint density at radius 2 is 2.06 bits per heavy atom. The van der Waals surface area contributed by atoms with Crippen LogP contribution in [0.1, 0.15) is 19.0 Å². The number of hydrogen-bond acceptors (Lipinski definition) is 5. The second kappa shape index (κ2) is 5.15. The number of nitrogens with zero attached hydrogens (tertiary/aromatic N) is 3. The fourth-order valence-corrected chi connectivity index (χ4v) is 2.81. The van der Waals surface area contributed by atoms with Crippen LogP contribution in [0, 0.1) is 11.3 Å². The lowest BCUT2D eigenvalue weighted by molar-refractivity contribution is 0.594. The maximum atomic E-state index is 11.9. The largest absolute Gasteiger partial charge is 0.363 e. The molecule has 0 unspecified atom stereocenters. The van der Waals surface area contributed by atoms with Crippen LogP contribution in [0.3, 0.4) is 0 Å². The number of anilines is 1. The normalized spacial score (nSPS) is 10.9. The van der Waals surface area contributed by atoms with E-state index in [1.165, 1.54) is 6.07 Å². The van der Waals surface area contributed by atoms with E-state index in [4.69, 9.17) is 5.26 Å². The van der Waals surface area contributed by atoms with Crippen LogP contribution in [0.2, 0.25) is 0 Å². The summed E-state index contributed by atoms with van der Waals surface area (Å²) in [6, 6.07) is 4.89. The van der Waals surface area contributed by atoms with Crippen molar-refractivity contribution in [2.24, 2.45) is 0 Å². The Labute approximate surface area is 102 Å². The minimum atomic E-state index is -3.40. The Balaban J connectivity index is 3.33. The van der Waals surface area contributed by atoms with Crippen molar-refractivity contribution in [2.75, 3.05) is 24.7 Å². The molecule has 1 aromatic rings.